The van der Waals surface area contributed by atoms with Crippen molar-refractivity contribution in [1.29, 1.82) is 0 Å². The van der Waals surface area contributed by atoms with Crippen molar-refractivity contribution in [2.24, 2.45) is 5.92 Å². The van der Waals surface area contributed by atoms with Crippen molar-refractivity contribution < 1.29 is 19.0 Å². The number of fused-ring (bicyclic) bond motifs is 1. The maximum Gasteiger partial charge on any atom is 0.197 e. The Morgan fingerprint density at radius 3 is 2.54 bits per heavy atom. The average molecular weight is 474 g/mol. The van der Waals surface area contributed by atoms with E-state index < -0.39 is 11.8 Å². The lowest BCUT2D eigenvalue weighted by molar-refractivity contribution is 0.0833. The van der Waals surface area contributed by atoms with Gasteiger partial charge in [-0.15, -0.1) is 10.2 Å². The van der Waals surface area contributed by atoms with Crippen LogP contribution in [0.2, 0.25) is 0 Å². The number of phenolic OH excluding ortho intramolecular Hbond substituents is 1. The van der Waals surface area contributed by atoms with Crippen LogP contribution in [-0.2, 0) is 0 Å². The molecular formula is C25H29B2FN4O3. The molecule has 7 nitrogen and oxygen atoms in total. The molecule has 0 bridgehead atoms. The van der Waals surface area contributed by atoms with Crippen molar-refractivity contribution in [3.63, 3.8) is 0 Å². The topological polar surface area (TPSA) is 80.6 Å². The van der Waals surface area contributed by atoms with Gasteiger partial charge in [0.25, 0.3) is 0 Å². The van der Waals surface area contributed by atoms with Crippen LogP contribution in [0.25, 0.3) is 22.5 Å². The average Bonchev–Trinajstić information content (AvgIpc) is 3.17. The Balaban J connectivity index is 1.34. The van der Waals surface area contributed by atoms with Gasteiger partial charge in [0.1, 0.15) is 11.9 Å². The van der Waals surface area contributed by atoms with Gasteiger partial charge >= 0.3 is 0 Å². The van der Waals surface area contributed by atoms with Crippen LogP contribution < -0.4 is 14.4 Å². The molecule has 10 heteroatoms. The number of benzene rings is 2. The van der Waals surface area contributed by atoms with Crippen LogP contribution in [-0.4, -0.2) is 60.8 Å². The van der Waals surface area contributed by atoms with Gasteiger partial charge in [0.2, 0.25) is 0 Å². The van der Waals surface area contributed by atoms with Gasteiger partial charge < -0.3 is 19.5 Å². The lowest BCUT2D eigenvalue weighted by Gasteiger charge is -2.38. The molecule has 0 spiro atoms. The van der Waals surface area contributed by atoms with Crippen molar-refractivity contribution in [1.82, 2.24) is 15.2 Å². The van der Waals surface area contributed by atoms with Crippen molar-refractivity contribution in [3.05, 3.63) is 42.6 Å². The SMILES string of the molecule is BC1(B)Oc2ccc(-c3ccc(-c4ncc(N(C)[C@H]5CCC[C@@H](CC)[C@H]5F)nn4)c(O)c3)cc2O1. The predicted octanol–water partition coefficient (Wildman–Crippen LogP) is 2.91. The zero-order chi connectivity index (χ0) is 24.7. The third kappa shape index (κ3) is 4.54. The third-order valence-electron chi connectivity index (χ3n) is 7.05. The van der Waals surface area contributed by atoms with E-state index in [1.807, 2.05) is 58.8 Å². The van der Waals surface area contributed by atoms with Crippen LogP contribution in [0.3, 0.4) is 0 Å². The second-order valence-electron chi connectivity index (χ2n) is 9.86. The first-order valence-corrected chi connectivity index (χ1v) is 12.2. The molecule has 0 amide bonds. The first-order chi connectivity index (χ1) is 16.8. The minimum Gasteiger partial charge on any atom is -0.507 e. The number of anilines is 1. The quantitative estimate of drug-likeness (QED) is 0.570. The van der Waals surface area contributed by atoms with Crippen LogP contribution in [0, 0.1) is 5.92 Å². The molecule has 3 atom stereocenters. The van der Waals surface area contributed by atoms with Gasteiger partial charge in [0, 0.05) is 7.05 Å². The van der Waals surface area contributed by atoms with Crippen molar-refractivity contribution >= 4 is 21.5 Å². The predicted molar refractivity (Wildman–Crippen MR) is 138 cm³/mol. The van der Waals surface area contributed by atoms with Crippen LogP contribution in [0.4, 0.5) is 10.2 Å². The number of phenols is 1. The summed E-state index contributed by atoms with van der Waals surface area (Å²) >= 11 is 0. The standard InChI is InChI=1S/C25H29B2FN4O3/c1-3-14-5-4-6-18(23(14)28)32(2)22-13-29-24(31-30-22)17-9-7-15(11-19(17)33)16-8-10-20-21(12-16)35-25(26,27)34-20/h7-14,18,23,33H,3-6,26-27H2,1-2H3/t14-,18+,23-/m1/s1. The van der Waals surface area contributed by atoms with Gasteiger partial charge in [0.05, 0.1) is 17.8 Å². The molecule has 1 aromatic heterocycles. The van der Waals surface area contributed by atoms with E-state index in [2.05, 4.69) is 15.2 Å². The zero-order valence-corrected chi connectivity index (χ0v) is 20.5. The Morgan fingerprint density at radius 1 is 1.09 bits per heavy atom. The number of aromatic nitrogens is 3. The monoisotopic (exact) mass is 474 g/mol. The molecular weight excluding hydrogens is 445 g/mol. The fourth-order valence-corrected chi connectivity index (χ4v) is 5.08. The highest BCUT2D eigenvalue weighted by Crippen LogP contribution is 2.41. The van der Waals surface area contributed by atoms with Crippen LogP contribution >= 0.6 is 0 Å². The van der Waals surface area contributed by atoms with Gasteiger partial charge in [-0.2, -0.15) is 0 Å². The van der Waals surface area contributed by atoms with Crippen molar-refractivity contribution in [2.45, 2.75) is 50.4 Å². The Hall–Kier alpha value is -3.29. The Bertz CT molecular complexity index is 1230. The van der Waals surface area contributed by atoms with Crippen LogP contribution in [0.1, 0.15) is 32.6 Å². The first-order valence-electron chi connectivity index (χ1n) is 12.2. The minimum absolute atomic E-state index is 0.0466. The summed E-state index contributed by atoms with van der Waals surface area (Å²) in [5, 5.41) is 19.3. The summed E-state index contributed by atoms with van der Waals surface area (Å²) in [7, 11) is 5.56. The zero-order valence-electron chi connectivity index (χ0n) is 20.5. The number of aromatic hydroxyl groups is 1. The molecule has 180 valence electrons. The largest absolute Gasteiger partial charge is 0.507 e. The molecule has 2 aromatic carbocycles. The number of hydrogen-bond acceptors (Lipinski definition) is 7. The summed E-state index contributed by atoms with van der Waals surface area (Å²) in [6.07, 6.45) is 4.28. The van der Waals surface area contributed by atoms with Gasteiger partial charge in [-0.3, -0.25) is 0 Å². The maximum atomic E-state index is 15.0. The molecule has 1 N–H and O–H groups in total. The number of hydrogen-bond donors (Lipinski definition) is 1. The fraction of sp³-hybridized carbons (Fsp3) is 0.400. The lowest BCUT2D eigenvalue weighted by Crippen LogP contribution is -2.45. The summed E-state index contributed by atoms with van der Waals surface area (Å²) < 4.78 is 26.6. The Kier molecular flexibility index (Phi) is 6.07. The molecule has 1 saturated carbocycles. The minimum atomic E-state index is -0.890. The highest BCUT2D eigenvalue weighted by atomic mass is 19.1. The normalized spacial score (nSPS) is 22.7. The van der Waals surface area contributed by atoms with Gasteiger partial charge in [-0.25, -0.2) is 9.37 Å². The van der Waals surface area contributed by atoms with E-state index in [4.69, 9.17) is 9.47 Å². The summed E-state index contributed by atoms with van der Waals surface area (Å²) in [5.74, 6) is 2.33. The van der Waals surface area contributed by atoms with E-state index in [-0.39, 0.29) is 17.7 Å². The van der Waals surface area contributed by atoms with E-state index >= 15 is 0 Å². The number of rotatable bonds is 5. The van der Waals surface area contributed by atoms with E-state index in [9.17, 15) is 9.50 Å². The summed E-state index contributed by atoms with van der Waals surface area (Å²) in [6, 6.07) is 10.8. The third-order valence-corrected chi connectivity index (χ3v) is 7.05. The second kappa shape index (κ2) is 9.06. The molecule has 1 aliphatic heterocycles. The lowest BCUT2D eigenvalue weighted by atomic mass is 9.76. The fourth-order valence-electron chi connectivity index (χ4n) is 5.08. The molecule has 2 heterocycles. The van der Waals surface area contributed by atoms with E-state index in [1.54, 1.807) is 18.3 Å². The van der Waals surface area contributed by atoms with E-state index in [0.717, 1.165) is 36.8 Å². The van der Waals surface area contributed by atoms with E-state index in [0.29, 0.717) is 28.7 Å². The van der Waals surface area contributed by atoms with Gasteiger partial charge in [-0.1, -0.05) is 31.9 Å². The van der Waals surface area contributed by atoms with Gasteiger partial charge in [-0.05, 0) is 54.2 Å². The summed E-state index contributed by atoms with van der Waals surface area (Å²) in [5.41, 5.74) is 1.49. The molecule has 1 fully saturated rings. The smallest absolute Gasteiger partial charge is 0.197 e. The second-order valence-corrected chi connectivity index (χ2v) is 9.86. The van der Waals surface area contributed by atoms with Gasteiger partial charge in [0.15, 0.2) is 44.4 Å². The highest BCUT2D eigenvalue weighted by Gasteiger charge is 2.35. The number of halogens is 1. The Labute approximate surface area is 206 Å². The van der Waals surface area contributed by atoms with Crippen molar-refractivity contribution in [2.75, 3.05) is 11.9 Å². The van der Waals surface area contributed by atoms with Crippen LogP contribution in [0.15, 0.2) is 42.6 Å². The Morgan fingerprint density at radius 2 is 1.83 bits per heavy atom. The number of ether oxygens (including phenoxy) is 2. The molecule has 3 aromatic rings. The molecule has 1 aliphatic carbocycles. The molecule has 35 heavy (non-hydrogen) atoms. The molecule has 0 radical (unpaired) electrons. The molecule has 2 aliphatic rings. The highest BCUT2D eigenvalue weighted by molar-refractivity contribution is 6.38. The summed E-state index contributed by atoms with van der Waals surface area (Å²) in [4.78, 5) is 6.27. The molecule has 5 rings (SSSR count). The number of alkyl halides is 1. The number of nitrogens with zero attached hydrogens (tertiary/aromatic N) is 4. The van der Waals surface area contributed by atoms with Crippen molar-refractivity contribution in [3.8, 4) is 39.8 Å². The summed E-state index contributed by atoms with van der Waals surface area (Å²) in [6.45, 7) is 2.04. The van der Waals surface area contributed by atoms with Crippen LogP contribution in [0.5, 0.6) is 17.2 Å². The first kappa shape index (κ1) is 23.5. The molecule has 0 saturated heterocycles. The van der Waals surface area contributed by atoms with E-state index in [1.165, 1.54) is 0 Å². The molecule has 0 unspecified atom stereocenters. The maximum absolute atomic E-state index is 15.0.